The fraction of sp³-hybridized carbons (Fsp3) is 0.105. The second kappa shape index (κ2) is 7.72. The number of rotatable bonds is 4. The van der Waals surface area contributed by atoms with Crippen molar-refractivity contribution in [1.29, 1.82) is 0 Å². The summed E-state index contributed by atoms with van der Waals surface area (Å²) in [5.41, 5.74) is 1.50. The van der Waals surface area contributed by atoms with Gasteiger partial charge in [-0.05, 0) is 19.1 Å². The van der Waals surface area contributed by atoms with Gasteiger partial charge in [-0.2, -0.15) is 0 Å². The maximum absolute atomic E-state index is 12.4. The first-order chi connectivity index (χ1) is 12.5. The van der Waals surface area contributed by atoms with Gasteiger partial charge in [0, 0.05) is 11.6 Å². The highest BCUT2D eigenvalue weighted by molar-refractivity contribution is 6.43. The molecule has 1 heterocycles. The maximum Gasteiger partial charge on any atom is 0.254 e. The average molecular weight is 388 g/mol. The summed E-state index contributed by atoms with van der Waals surface area (Å²) in [6.07, 6.45) is 0. The zero-order valence-electron chi connectivity index (χ0n) is 13.9. The smallest absolute Gasteiger partial charge is 0.254 e. The molecule has 0 aliphatic carbocycles. The second-order valence-corrected chi connectivity index (χ2v) is 6.41. The number of nitrogens with zero attached hydrogens (tertiary/aromatic N) is 2. The summed E-state index contributed by atoms with van der Waals surface area (Å²) >= 11 is 12.0. The summed E-state index contributed by atoms with van der Waals surface area (Å²) in [5.74, 6) is 0.0531. The molecule has 5 nitrogen and oxygen atoms in total. The van der Waals surface area contributed by atoms with E-state index in [4.69, 9.17) is 23.2 Å². The number of hydrogen-bond donors (Lipinski definition) is 1. The molecule has 132 valence electrons. The lowest BCUT2D eigenvalue weighted by atomic mass is 10.1. The van der Waals surface area contributed by atoms with E-state index >= 15 is 0 Å². The van der Waals surface area contributed by atoms with Crippen LogP contribution in [-0.4, -0.2) is 15.5 Å². The molecule has 0 aliphatic rings. The number of anilines is 1. The van der Waals surface area contributed by atoms with Crippen molar-refractivity contribution in [1.82, 2.24) is 9.55 Å². The molecule has 0 unspecified atom stereocenters. The van der Waals surface area contributed by atoms with Crippen molar-refractivity contribution in [2.45, 2.75) is 13.5 Å². The third-order valence-electron chi connectivity index (χ3n) is 3.80. The van der Waals surface area contributed by atoms with E-state index in [1.165, 1.54) is 10.6 Å². The van der Waals surface area contributed by atoms with Crippen LogP contribution in [0.1, 0.15) is 5.82 Å². The van der Waals surface area contributed by atoms with E-state index in [2.05, 4.69) is 10.3 Å². The van der Waals surface area contributed by atoms with Crippen molar-refractivity contribution < 1.29 is 4.79 Å². The Bertz CT molecular complexity index is 1020. The minimum Gasteiger partial charge on any atom is -0.323 e. The van der Waals surface area contributed by atoms with E-state index in [1.54, 1.807) is 25.1 Å². The van der Waals surface area contributed by atoms with Crippen molar-refractivity contribution in [3.8, 4) is 11.3 Å². The van der Waals surface area contributed by atoms with Gasteiger partial charge in [-0.15, -0.1) is 0 Å². The lowest BCUT2D eigenvalue weighted by Gasteiger charge is -2.12. The summed E-state index contributed by atoms with van der Waals surface area (Å²) in [4.78, 5) is 29.2. The number of nitrogens with one attached hydrogen (secondary N) is 1. The zero-order valence-corrected chi connectivity index (χ0v) is 15.4. The number of halogens is 2. The lowest BCUT2D eigenvalue weighted by molar-refractivity contribution is -0.116. The standard InChI is InChI=1S/C19H15Cl2N3O2/c1-12-22-16(13-6-3-2-4-7-13)10-18(26)24(12)11-17(25)23-15-9-5-8-14(20)19(15)21/h2-10H,11H2,1H3,(H,23,25). The molecule has 1 N–H and O–H groups in total. The molecule has 3 rings (SSSR count). The van der Waals surface area contributed by atoms with Crippen molar-refractivity contribution in [2.75, 3.05) is 5.32 Å². The summed E-state index contributed by atoms with van der Waals surface area (Å²) in [6.45, 7) is 1.52. The third kappa shape index (κ3) is 3.95. The first-order valence-electron chi connectivity index (χ1n) is 7.83. The number of carbonyl (C=O) groups is 1. The molecule has 0 radical (unpaired) electrons. The fourth-order valence-corrected chi connectivity index (χ4v) is 2.85. The van der Waals surface area contributed by atoms with E-state index < -0.39 is 5.91 Å². The summed E-state index contributed by atoms with van der Waals surface area (Å²) in [7, 11) is 0. The van der Waals surface area contributed by atoms with Crippen molar-refractivity contribution in [3.05, 3.63) is 80.8 Å². The maximum atomic E-state index is 12.4. The van der Waals surface area contributed by atoms with Crippen LogP contribution in [0.5, 0.6) is 0 Å². The number of amides is 1. The molecule has 0 bridgehead atoms. The van der Waals surface area contributed by atoms with Gasteiger partial charge in [0.1, 0.15) is 12.4 Å². The molecule has 2 aromatic carbocycles. The first kappa shape index (κ1) is 18.2. The van der Waals surface area contributed by atoms with Gasteiger partial charge < -0.3 is 5.32 Å². The summed E-state index contributed by atoms with van der Waals surface area (Å²) in [6, 6.07) is 15.8. The number of carbonyl (C=O) groups excluding carboxylic acids is 1. The van der Waals surface area contributed by atoms with Crippen molar-refractivity contribution in [2.24, 2.45) is 0 Å². The number of aryl methyl sites for hydroxylation is 1. The molecule has 1 amide bonds. The number of hydrogen-bond acceptors (Lipinski definition) is 3. The summed E-state index contributed by atoms with van der Waals surface area (Å²) in [5, 5.41) is 3.25. The highest BCUT2D eigenvalue weighted by atomic mass is 35.5. The van der Waals surface area contributed by atoms with Gasteiger partial charge in [0.25, 0.3) is 5.56 Å². The second-order valence-electron chi connectivity index (χ2n) is 5.63. The van der Waals surface area contributed by atoms with Crippen LogP contribution in [-0.2, 0) is 11.3 Å². The Labute approximate surface area is 160 Å². The predicted molar refractivity (Wildman–Crippen MR) is 104 cm³/mol. The van der Waals surface area contributed by atoms with Crippen LogP contribution in [0, 0.1) is 6.92 Å². The molecule has 0 saturated carbocycles. The Balaban J connectivity index is 1.83. The highest BCUT2D eigenvalue weighted by Gasteiger charge is 2.13. The third-order valence-corrected chi connectivity index (χ3v) is 4.61. The van der Waals surface area contributed by atoms with Crippen LogP contribution in [0.25, 0.3) is 11.3 Å². The van der Waals surface area contributed by atoms with Gasteiger partial charge in [-0.1, -0.05) is 59.6 Å². The Hall–Kier alpha value is -2.63. The van der Waals surface area contributed by atoms with Crippen LogP contribution in [0.4, 0.5) is 5.69 Å². The first-order valence-corrected chi connectivity index (χ1v) is 8.59. The highest BCUT2D eigenvalue weighted by Crippen LogP contribution is 2.29. The van der Waals surface area contributed by atoms with Gasteiger partial charge in [0.15, 0.2) is 0 Å². The summed E-state index contributed by atoms with van der Waals surface area (Å²) < 4.78 is 1.31. The van der Waals surface area contributed by atoms with Crippen LogP contribution in [0.2, 0.25) is 10.0 Å². The van der Waals surface area contributed by atoms with E-state index in [0.717, 1.165) is 5.56 Å². The molecule has 26 heavy (non-hydrogen) atoms. The molecule has 7 heteroatoms. The van der Waals surface area contributed by atoms with Crippen molar-refractivity contribution >= 4 is 34.8 Å². The monoisotopic (exact) mass is 387 g/mol. The molecule has 0 atom stereocenters. The molecule has 0 aliphatic heterocycles. The lowest BCUT2D eigenvalue weighted by Crippen LogP contribution is -2.29. The van der Waals surface area contributed by atoms with E-state index in [1.807, 2.05) is 30.3 Å². The van der Waals surface area contributed by atoms with Gasteiger partial charge in [0.2, 0.25) is 5.91 Å². The minimum atomic E-state index is -0.395. The van der Waals surface area contributed by atoms with E-state index in [0.29, 0.717) is 22.2 Å². The van der Waals surface area contributed by atoms with Crippen molar-refractivity contribution in [3.63, 3.8) is 0 Å². The van der Waals surface area contributed by atoms with Crippen LogP contribution < -0.4 is 10.9 Å². The Morgan fingerprint density at radius 3 is 2.54 bits per heavy atom. The predicted octanol–water partition coefficient (Wildman–Crippen LogP) is 4.16. The molecule has 0 fully saturated rings. The molecule has 1 aromatic heterocycles. The molecule has 0 spiro atoms. The number of benzene rings is 2. The van der Waals surface area contributed by atoms with E-state index in [9.17, 15) is 9.59 Å². The van der Waals surface area contributed by atoms with Gasteiger partial charge >= 0.3 is 0 Å². The topological polar surface area (TPSA) is 64.0 Å². The van der Waals surface area contributed by atoms with Crippen LogP contribution in [0.3, 0.4) is 0 Å². The van der Waals surface area contributed by atoms with Gasteiger partial charge in [-0.25, -0.2) is 4.98 Å². The van der Waals surface area contributed by atoms with Crippen LogP contribution >= 0.6 is 23.2 Å². The van der Waals surface area contributed by atoms with Gasteiger partial charge in [0.05, 0.1) is 21.4 Å². The SMILES string of the molecule is Cc1nc(-c2ccccc2)cc(=O)n1CC(=O)Nc1cccc(Cl)c1Cl. The van der Waals surface area contributed by atoms with Gasteiger partial charge in [-0.3, -0.25) is 14.2 Å². The fourth-order valence-electron chi connectivity index (χ4n) is 2.50. The zero-order chi connectivity index (χ0) is 18.7. The molecule has 0 saturated heterocycles. The Morgan fingerprint density at radius 2 is 1.85 bits per heavy atom. The average Bonchev–Trinajstić information content (AvgIpc) is 2.62. The number of aromatic nitrogens is 2. The molecule has 3 aromatic rings. The Kier molecular flexibility index (Phi) is 5.40. The largest absolute Gasteiger partial charge is 0.323 e. The molecular weight excluding hydrogens is 373 g/mol. The quantitative estimate of drug-likeness (QED) is 0.730. The van der Waals surface area contributed by atoms with Crippen LogP contribution in [0.15, 0.2) is 59.4 Å². The van der Waals surface area contributed by atoms with E-state index in [-0.39, 0.29) is 17.1 Å². The minimum absolute atomic E-state index is 0.171. The normalized spacial score (nSPS) is 10.6. The molecular formula is C19H15Cl2N3O2. The Morgan fingerprint density at radius 1 is 1.12 bits per heavy atom.